The van der Waals surface area contributed by atoms with Crippen molar-refractivity contribution in [2.24, 2.45) is 5.41 Å². The van der Waals surface area contributed by atoms with Gasteiger partial charge in [-0.05, 0) is 51.1 Å². The van der Waals surface area contributed by atoms with E-state index >= 15 is 0 Å². The molecule has 0 saturated heterocycles. The molecule has 1 atom stereocenters. The van der Waals surface area contributed by atoms with Crippen LogP contribution in [0.4, 0.5) is 0 Å². The van der Waals surface area contributed by atoms with E-state index in [4.69, 9.17) is 5.11 Å². The highest BCUT2D eigenvalue weighted by molar-refractivity contribution is 4.84. The molecule has 1 saturated carbocycles. The van der Waals surface area contributed by atoms with Crippen LogP contribution >= 0.6 is 0 Å². The minimum atomic E-state index is 0.281. The first-order valence-electron chi connectivity index (χ1n) is 7.53. The van der Waals surface area contributed by atoms with Crippen molar-refractivity contribution in [2.45, 2.75) is 65.0 Å². The average Bonchev–Trinajstić information content (AvgIpc) is 2.29. The quantitative estimate of drug-likeness (QED) is 0.733. The minimum Gasteiger partial charge on any atom is -0.396 e. The van der Waals surface area contributed by atoms with Gasteiger partial charge in [-0.15, -0.1) is 0 Å². The Kier molecular flexibility index (Phi) is 6.61. The maximum atomic E-state index is 9.10. The van der Waals surface area contributed by atoms with E-state index in [-0.39, 0.29) is 6.61 Å². The smallest absolute Gasteiger partial charge is 0.0446 e. The fourth-order valence-electron chi connectivity index (χ4n) is 3.02. The first kappa shape index (κ1) is 15.9. The third-order valence-electron chi connectivity index (χ3n) is 4.41. The largest absolute Gasteiger partial charge is 0.396 e. The first-order chi connectivity index (χ1) is 8.48. The van der Waals surface area contributed by atoms with Gasteiger partial charge in [-0.3, -0.25) is 0 Å². The zero-order valence-corrected chi connectivity index (χ0v) is 12.7. The van der Waals surface area contributed by atoms with Crippen LogP contribution in [0.25, 0.3) is 0 Å². The topological polar surface area (TPSA) is 35.5 Å². The van der Waals surface area contributed by atoms with Crippen molar-refractivity contribution in [3.63, 3.8) is 0 Å². The summed E-state index contributed by atoms with van der Waals surface area (Å²) in [5.74, 6) is 0. The second-order valence-corrected chi connectivity index (χ2v) is 6.60. The molecule has 1 aliphatic rings. The summed E-state index contributed by atoms with van der Waals surface area (Å²) >= 11 is 0. The molecule has 0 aromatic heterocycles. The van der Waals surface area contributed by atoms with Gasteiger partial charge in [0.05, 0.1) is 0 Å². The third kappa shape index (κ3) is 5.25. The Hall–Kier alpha value is -0.120. The number of rotatable bonds is 7. The molecule has 0 bridgehead atoms. The van der Waals surface area contributed by atoms with Crippen molar-refractivity contribution in [1.29, 1.82) is 0 Å². The molecule has 108 valence electrons. The molecular weight excluding hydrogens is 224 g/mol. The Morgan fingerprint density at radius 2 is 1.94 bits per heavy atom. The molecular formula is C15H32N2O. The zero-order chi connectivity index (χ0) is 13.6. The van der Waals surface area contributed by atoms with Gasteiger partial charge in [0, 0.05) is 25.2 Å². The molecule has 1 aliphatic carbocycles. The van der Waals surface area contributed by atoms with Gasteiger partial charge in [0.15, 0.2) is 0 Å². The molecule has 0 aliphatic heterocycles. The van der Waals surface area contributed by atoms with Crippen molar-refractivity contribution in [3.8, 4) is 0 Å². The Morgan fingerprint density at radius 3 is 2.44 bits per heavy atom. The van der Waals surface area contributed by atoms with Crippen molar-refractivity contribution in [2.75, 3.05) is 26.7 Å². The number of aliphatic hydroxyl groups excluding tert-OH is 1. The maximum Gasteiger partial charge on any atom is 0.0446 e. The number of likely N-dealkylation sites (N-methyl/N-ethyl adjacent to an activating group) is 2. The molecule has 1 unspecified atom stereocenters. The highest BCUT2D eigenvalue weighted by Crippen LogP contribution is 2.36. The molecule has 0 radical (unpaired) electrons. The van der Waals surface area contributed by atoms with Crippen LogP contribution in [0, 0.1) is 5.41 Å². The zero-order valence-electron chi connectivity index (χ0n) is 12.7. The molecule has 0 spiro atoms. The predicted molar refractivity (Wildman–Crippen MR) is 77.8 cm³/mol. The number of hydrogen-bond acceptors (Lipinski definition) is 3. The summed E-state index contributed by atoms with van der Waals surface area (Å²) in [6.07, 6.45) is 6.18. The third-order valence-corrected chi connectivity index (χ3v) is 4.41. The van der Waals surface area contributed by atoms with Gasteiger partial charge in [-0.1, -0.05) is 20.8 Å². The minimum absolute atomic E-state index is 0.281. The Labute approximate surface area is 113 Å². The van der Waals surface area contributed by atoms with Crippen molar-refractivity contribution in [3.05, 3.63) is 0 Å². The molecule has 0 amide bonds. The van der Waals surface area contributed by atoms with Crippen LogP contribution < -0.4 is 5.32 Å². The van der Waals surface area contributed by atoms with Gasteiger partial charge in [0.25, 0.3) is 0 Å². The van der Waals surface area contributed by atoms with E-state index < -0.39 is 0 Å². The molecule has 0 heterocycles. The standard InChI is InChI=1S/C15H32N2O/c1-5-16-13(8-11-18)12-17(4)14-6-9-15(2,3)10-7-14/h13-14,16,18H,5-12H2,1-4H3. The van der Waals surface area contributed by atoms with Crippen LogP contribution in [0.15, 0.2) is 0 Å². The summed E-state index contributed by atoms with van der Waals surface area (Å²) in [5, 5.41) is 12.6. The van der Waals surface area contributed by atoms with Gasteiger partial charge in [0.2, 0.25) is 0 Å². The van der Waals surface area contributed by atoms with E-state index in [9.17, 15) is 0 Å². The summed E-state index contributed by atoms with van der Waals surface area (Å²) < 4.78 is 0. The van der Waals surface area contributed by atoms with Gasteiger partial charge < -0.3 is 15.3 Å². The molecule has 0 aromatic rings. The molecule has 2 N–H and O–H groups in total. The van der Waals surface area contributed by atoms with E-state index in [1.165, 1.54) is 25.7 Å². The Balaban J connectivity index is 2.37. The van der Waals surface area contributed by atoms with E-state index in [1.54, 1.807) is 0 Å². The molecule has 1 fully saturated rings. The SMILES string of the molecule is CCNC(CCO)CN(C)C1CCC(C)(C)CC1. The van der Waals surface area contributed by atoms with E-state index in [2.05, 4.69) is 38.0 Å². The van der Waals surface area contributed by atoms with E-state index in [0.717, 1.165) is 25.6 Å². The Morgan fingerprint density at radius 1 is 1.33 bits per heavy atom. The highest BCUT2D eigenvalue weighted by Gasteiger charge is 2.29. The number of nitrogens with zero attached hydrogens (tertiary/aromatic N) is 1. The van der Waals surface area contributed by atoms with Crippen LogP contribution in [0.2, 0.25) is 0 Å². The molecule has 3 heteroatoms. The normalized spacial score (nSPS) is 22.3. The van der Waals surface area contributed by atoms with Gasteiger partial charge >= 0.3 is 0 Å². The van der Waals surface area contributed by atoms with Crippen LogP contribution in [0.3, 0.4) is 0 Å². The van der Waals surface area contributed by atoms with Crippen LogP contribution in [0.1, 0.15) is 52.9 Å². The van der Waals surface area contributed by atoms with Crippen molar-refractivity contribution >= 4 is 0 Å². The lowest BCUT2D eigenvalue weighted by Gasteiger charge is -2.39. The Bertz CT molecular complexity index is 215. The second-order valence-electron chi connectivity index (χ2n) is 6.60. The number of aliphatic hydroxyl groups is 1. The second kappa shape index (κ2) is 7.46. The lowest BCUT2D eigenvalue weighted by molar-refractivity contribution is 0.115. The first-order valence-corrected chi connectivity index (χ1v) is 7.53. The summed E-state index contributed by atoms with van der Waals surface area (Å²) in [6.45, 7) is 9.22. The molecule has 0 aromatic carbocycles. The molecule has 1 rings (SSSR count). The lowest BCUT2D eigenvalue weighted by Crippen LogP contribution is -2.45. The van der Waals surface area contributed by atoms with Crippen LogP contribution in [-0.2, 0) is 0 Å². The highest BCUT2D eigenvalue weighted by atomic mass is 16.3. The monoisotopic (exact) mass is 256 g/mol. The molecule has 18 heavy (non-hydrogen) atoms. The van der Waals surface area contributed by atoms with Crippen molar-refractivity contribution < 1.29 is 5.11 Å². The maximum absolute atomic E-state index is 9.10. The van der Waals surface area contributed by atoms with Gasteiger partial charge in [0.1, 0.15) is 0 Å². The fraction of sp³-hybridized carbons (Fsp3) is 1.00. The summed E-state index contributed by atoms with van der Waals surface area (Å²) in [5.41, 5.74) is 0.545. The predicted octanol–water partition coefficient (Wildman–Crippen LogP) is 2.25. The van der Waals surface area contributed by atoms with Crippen LogP contribution in [0.5, 0.6) is 0 Å². The average molecular weight is 256 g/mol. The van der Waals surface area contributed by atoms with Crippen molar-refractivity contribution in [1.82, 2.24) is 10.2 Å². The lowest BCUT2D eigenvalue weighted by atomic mass is 9.75. The molecule has 3 nitrogen and oxygen atoms in total. The fourth-order valence-corrected chi connectivity index (χ4v) is 3.02. The van der Waals surface area contributed by atoms with Crippen LogP contribution in [-0.4, -0.2) is 48.8 Å². The van der Waals surface area contributed by atoms with Gasteiger partial charge in [-0.2, -0.15) is 0 Å². The number of nitrogens with one attached hydrogen (secondary N) is 1. The number of hydrogen-bond donors (Lipinski definition) is 2. The van der Waals surface area contributed by atoms with Gasteiger partial charge in [-0.25, -0.2) is 0 Å². The summed E-state index contributed by atoms with van der Waals surface area (Å²) in [4.78, 5) is 2.50. The van der Waals surface area contributed by atoms with E-state index in [0.29, 0.717) is 11.5 Å². The summed E-state index contributed by atoms with van der Waals surface area (Å²) in [7, 11) is 2.24. The summed E-state index contributed by atoms with van der Waals surface area (Å²) in [6, 6.07) is 1.16. The van der Waals surface area contributed by atoms with E-state index in [1.807, 2.05) is 0 Å².